The van der Waals surface area contributed by atoms with Crippen LogP contribution in [0, 0.1) is 0 Å². The van der Waals surface area contributed by atoms with Gasteiger partial charge in [0.25, 0.3) is 0 Å². The van der Waals surface area contributed by atoms with Crippen LogP contribution in [0.5, 0.6) is 5.75 Å². The first kappa shape index (κ1) is 32.9. The molecule has 3 aromatic carbocycles. The predicted molar refractivity (Wildman–Crippen MR) is 173 cm³/mol. The Labute approximate surface area is 250 Å². The molecule has 0 aromatic heterocycles. The molecule has 0 bridgehead atoms. The van der Waals surface area contributed by atoms with Crippen molar-refractivity contribution in [2.75, 3.05) is 13.2 Å². The minimum absolute atomic E-state index is 0.294. The third-order valence-corrected chi connectivity index (χ3v) is 7.86. The van der Waals surface area contributed by atoms with Gasteiger partial charge in [-0.3, -0.25) is 0 Å². The van der Waals surface area contributed by atoms with E-state index >= 15 is 0 Å². The van der Waals surface area contributed by atoms with E-state index in [1.807, 2.05) is 6.07 Å². The van der Waals surface area contributed by atoms with Gasteiger partial charge >= 0.3 is 0 Å². The molecule has 1 N–H and O–H groups in total. The van der Waals surface area contributed by atoms with Gasteiger partial charge in [0, 0.05) is 26.1 Å². The van der Waals surface area contributed by atoms with E-state index in [9.17, 15) is 5.11 Å². The second kappa shape index (κ2) is 17.4. The van der Waals surface area contributed by atoms with Gasteiger partial charge in [-0.25, -0.2) is 0 Å². The lowest BCUT2D eigenvalue weighted by atomic mass is 9.88. The lowest BCUT2D eigenvalue weighted by Crippen LogP contribution is -2.31. The maximum atomic E-state index is 10.8. The molecule has 0 radical (unpaired) electrons. The third-order valence-electron chi connectivity index (χ3n) is 7.86. The highest BCUT2D eigenvalue weighted by Gasteiger charge is 2.26. The van der Waals surface area contributed by atoms with E-state index in [1.54, 1.807) is 6.07 Å². The number of rotatable bonds is 20. The molecule has 3 rings (SSSR count). The fourth-order valence-corrected chi connectivity index (χ4v) is 5.53. The molecule has 41 heavy (non-hydrogen) atoms. The second-order valence-corrected chi connectivity index (χ2v) is 12.8. The molecular formula is C38H54O3. The highest BCUT2D eigenvalue weighted by Crippen LogP contribution is 2.31. The summed E-state index contributed by atoms with van der Waals surface area (Å²) < 4.78 is 12.7. The fraction of sp³-hybridized carbons (Fsp3) is 0.526. The van der Waals surface area contributed by atoms with Crippen LogP contribution in [0.2, 0.25) is 0 Å². The van der Waals surface area contributed by atoms with Crippen molar-refractivity contribution in [1.82, 2.24) is 0 Å². The zero-order chi connectivity index (χ0) is 29.4. The van der Waals surface area contributed by atoms with Crippen LogP contribution in [0.15, 0.2) is 78.9 Å². The van der Waals surface area contributed by atoms with Crippen LogP contribution in [0.4, 0.5) is 0 Å². The van der Waals surface area contributed by atoms with Crippen LogP contribution >= 0.6 is 0 Å². The van der Waals surface area contributed by atoms with Crippen molar-refractivity contribution in [3.8, 4) is 5.75 Å². The molecule has 0 amide bonds. The van der Waals surface area contributed by atoms with Crippen molar-refractivity contribution < 1.29 is 14.6 Å². The number of hydrogen-bond donors (Lipinski definition) is 1. The van der Waals surface area contributed by atoms with Crippen LogP contribution in [0.25, 0.3) is 0 Å². The number of benzene rings is 3. The van der Waals surface area contributed by atoms with Gasteiger partial charge in [-0.05, 0) is 94.5 Å². The lowest BCUT2D eigenvalue weighted by molar-refractivity contribution is -0.0231. The van der Waals surface area contributed by atoms with Crippen molar-refractivity contribution in [2.45, 2.75) is 116 Å². The number of aromatic hydroxyl groups is 1. The summed E-state index contributed by atoms with van der Waals surface area (Å²) in [5.41, 5.74) is 4.34. The van der Waals surface area contributed by atoms with Gasteiger partial charge in [0.15, 0.2) is 0 Å². The number of phenolic OH excluding ortho intramolecular Hbond substituents is 1. The van der Waals surface area contributed by atoms with E-state index in [-0.39, 0.29) is 11.2 Å². The van der Waals surface area contributed by atoms with Crippen molar-refractivity contribution in [1.29, 1.82) is 0 Å². The molecule has 0 saturated heterocycles. The van der Waals surface area contributed by atoms with E-state index in [0.29, 0.717) is 12.2 Å². The summed E-state index contributed by atoms with van der Waals surface area (Å²) in [7, 11) is 0. The van der Waals surface area contributed by atoms with Gasteiger partial charge in [0.05, 0.1) is 11.2 Å². The summed E-state index contributed by atoms with van der Waals surface area (Å²) in [6, 6.07) is 27.3. The summed E-state index contributed by atoms with van der Waals surface area (Å²) in [6.45, 7) is 10.1. The number of unbranched alkanes of at least 4 members (excludes halogenated alkanes) is 6. The summed E-state index contributed by atoms with van der Waals surface area (Å²) in [5, 5.41) is 10.8. The van der Waals surface area contributed by atoms with Gasteiger partial charge in [-0.15, -0.1) is 0 Å². The maximum absolute atomic E-state index is 10.8. The van der Waals surface area contributed by atoms with E-state index in [4.69, 9.17) is 9.47 Å². The first-order valence-corrected chi connectivity index (χ1v) is 15.9. The average Bonchev–Trinajstić information content (AvgIpc) is 2.95. The Morgan fingerprint density at radius 3 is 1.49 bits per heavy atom. The summed E-state index contributed by atoms with van der Waals surface area (Å²) >= 11 is 0. The number of phenols is 1. The van der Waals surface area contributed by atoms with Gasteiger partial charge < -0.3 is 14.6 Å². The fourth-order valence-electron chi connectivity index (χ4n) is 5.53. The summed E-state index contributed by atoms with van der Waals surface area (Å²) in [6.07, 6.45) is 13.2. The summed E-state index contributed by atoms with van der Waals surface area (Å²) in [5.74, 6) is 0.356. The third kappa shape index (κ3) is 13.3. The van der Waals surface area contributed by atoms with Gasteiger partial charge in [-0.2, -0.15) is 0 Å². The maximum Gasteiger partial charge on any atom is 0.119 e. The van der Waals surface area contributed by atoms with Crippen LogP contribution in [0.3, 0.4) is 0 Å². The van der Waals surface area contributed by atoms with Gasteiger partial charge in [-0.1, -0.05) is 98.5 Å². The Hall–Kier alpha value is -2.62. The van der Waals surface area contributed by atoms with Crippen molar-refractivity contribution in [2.24, 2.45) is 0 Å². The van der Waals surface area contributed by atoms with Crippen LogP contribution < -0.4 is 0 Å². The molecule has 0 atom stereocenters. The number of ether oxygens (including phenoxy) is 2. The quantitative estimate of drug-likeness (QED) is 0.140. The molecule has 0 fully saturated rings. The van der Waals surface area contributed by atoms with E-state index in [0.717, 1.165) is 56.4 Å². The van der Waals surface area contributed by atoms with Crippen LogP contribution in [0.1, 0.15) is 101 Å². The highest BCUT2D eigenvalue weighted by molar-refractivity contribution is 5.41. The van der Waals surface area contributed by atoms with E-state index < -0.39 is 0 Å². The Balaban J connectivity index is 1.36. The minimum Gasteiger partial charge on any atom is -0.508 e. The molecule has 0 aliphatic rings. The van der Waals surface area contributed by atoms with Crippen molar-refractivity contribution in [3.05, 3.63) is 101 Å². The Kier molecular flexibility index (Phi) is 13.9. The SMILES string of the molecule is CC(C)(Cc1cccc(O)c1CC(C)(C)OCCCCCCc1ccccc1)OCCCCCCc1ccccc1. The first-order chi connectivity index (χ1) is 19.7. The molecule has 0 aliphatic heterocycles. The number of aryl methyl sites for hydroxylation is 2. The lowest BCUT2D eigenvalue weighted by Gasteiger charge is -2.30. The van der Waals surface area contributed by atoms with Crippen molar-refractivity contribution >= 4 is 0 Å². The molecule has 0 heterocycles. The molecule has 224 valence electrons. The topological polar surface area (TPSA) is 38.7 Å². The monoisotopic (exact) mass is 558 g/mol. The van der Waals surface area contributed by atoms with E-state index in [1.165, 1.54) is 49.7 Å². The Morgan fingerprint density at radius 1 is 0.512 bits per heavy atom. The van der Waals surface area contributed by atoms with Crippen LogP contribution in [-0.2, 0) is 35.2 Å². The highest BCUT2D eigenvalue weighted by atomic mass is 16.5. The average molecular weight is 559 g/mol. The van der Waals surface area contributed by atoms with E-state index in [2.05, 4.69) is 94.4 Å². The standard InChI is InChI=1S/C38H54O3/c1-37(2,40-28-17-7-5-11-20-32-22-13-9-14-23-32)30-34-26-19-27-36(39)35(34)31-38(3,4)41-29-18-8-6-12-21-33-24-15-10-16-25-33/h9-10,13-16,19,22-27,39H,5-8,11-12,17-18,20-21,28-31H2,1-4H3. The van der Waals surface area contributed by atoms with Gasteiger partial charge in [0.1, 0.15) is 5.75 Å². The molecule has 3 aromatic rings. The minimum atomic E-state index is -0.345. The molecule has 0 unspecified atom stereocenters. The van der Waals surface area contributed by atoms with Crippen LogP contribution in [-0.4, -0.2) is 29.5 Å². The molecule has 0 spiro atoms. The molecular weight excluding hydrogens is 504 g/mol. The Bertz CT molecular complexity index is 1100. The molecule has 3 nitrogen and oxygen atoms in total. The predicted octanol–water partition coefficient (Wildman–Crippen LogP) is 9.67. The van der Waals surface area contributed by atoms with Crippen molar-refractivity contribution in [3.63, 3.8) is 0 Å². The van der Waals surface area contributed by atoms with Gasteiger partial charge in [0.2, 0.25) is 0 Å². The molecule has 3 heteroatoms. The largest absolute Gasteiger partial charge is 0.508 e. The number of hydrogen-bond acceptors (Lipinski definition) is 3. The normalized spacial score (nSPS) is 12.1. The molecule has 0 saturated carbocycles. The zero-order valence-electron chi connectivity index (χ0n) is 26.2. The zero-order valence-corrected chi connectivity index (χ0v) is 26.2. The second-order valence-electron chi connectivity index (χ2n) is 12.8. The first-order valence-electron chi connectivity index (χ1n) is 15.9. The summed E-state index contributed by atoms with van der Waals surface area (Å²) in [4.78, 5) is 0. The smallest absolute Gasteiger partial charge is 0.119 e. The Morgan fingerprint density at radius 2 is 0.976 bits per heavy atom. The molecule has 0 aliphatic carbocycles.